The topological polar surface area (TPSA) is 58.4 Å². The van der Waals surface area contributed by atoms with Crippen LogP contribution in [0.25, 0.3) is 0 Å². The van der Waals surface area contributed by atoms with E-state index in [-0.39, 0.29) is 16.8 Å². The van der Waals surface area contributed by atoms with Crippen molar-refractivity contribution in [3.63, 3.8) is 0 Å². The molecule has 19 heavy (non-hydrogen) atoms. The number of rotatable bonds is 4. The first kappa shape index (κ1) is 15.4. The van der Waals surface area contributed by atoms with Crippen LogP contribution in [0.5, 0.6) is 0 Å². The molecule has 0 aliphatic carbocycles. The largest absolute Gasteiger partial charge is 0.396 e. The molecular formula is C13H19F2N3O. The van der Waals surface area contributed by atoms with Crippen LogP contribution < -0.4 is 11.1 Å². The van der Waals surface area contributed by atoms with Crippen molar-refractivity contribution in [3.05, 3.63) is 29.3 Å². The summed E-state index contributed by atoms with van der Waals surface area (Å²) >= 11 is 0. The van der Waals surface area contributed by atoms with E-state index in [2.05, 4.69) is 5.32 Å². The Morgan fingerprint density at radius 2 is 1.89 bits per heavy atom. The van der Waals surface area contributed by atoms with Crippen LogP contribution in [0.1, 0.15) is 24.2 Å². The molecule has 0 atom stereocenters. The van der Waals surface area contributed by atoms with Crippen LogP contribution in [0.3, 0.4) is 0 Å². The lowest BCUT2D eigenvalue weighted by atomic mass is 10.0. The zero-order valence-corrected chi connectivity index (χ0v) is 11.6. The van der Waals surface area contributed by atoms with Crippen LogP contribution in [-0.2, 0) is 0 Å². The van der Waals surface area contributed by atoms with Crippen molar-refractivity contribution < 1.29 is 13.6 Å². The number of nitrogens with zero attached hydrogens (tertiary/aromatic N) is 1. The molecule has 3 N–H and O–H groups in total. The molecule has 0 aliphatic heterocycles. The van der Waals surface area contributed by atoms with Gasteiger partial charge in [0.25, 0.3) is 5.91 Å². The van der Waals surface area contributed by atoms with Gasteiger partial charge in [0.1, 0.15) is 11.6 Å². The molecular weight excluding hydrogens is 252 g/mol. The van der Waals surface area contributed by atoms with E-state index in [1.807, 2.05) is 32.8 Å². The summed E-state index contributed by atoms with van der Waals surface area (Å²) in [6.45, 7) is 4.20. The van der Waals surface area contributed by atoms with Crippen LogP contribution in [0.15, 0.2) is 12.1 Å². The average molecular weight is 271 g/mol. The van der Waals surface area contributed by atoms with E-state index in [1.165, 1.54) is 0 Å². The molecule has 0 unspecified atom stereocenters. The summed E-state index contributed by atoms with van der Waals surface area (Å²) in [7, 11) is 3.76. The van der Waals surface area contributed by atoms with Gasteiger partial charge in [-0.1, -0.05) is 0 Å². The molecule has 0 saturated heterocycles. The molecule has 0 heterocycles. The molecule has 0 aromatic heterocycles. The fraction of sp³-hybridized carbons (Fsp3) is 0.462. The van der Waals surface area contributed by atoms with Crippen molar-refractivity contribution in [3.8, 4) is 0 Å². The number of carbonyl (C=O) groups excluding carboxylic acids is 1. The Kier molecular flexibility index (Phi) is 4.47. The standard InChI is InChI=1S/C13H19F2N3O/c1-13(2,18(3)4)7-17-12(19)8-5-11(16)10(15)6-9(8)14/h5-6H,7,16H2,1-4H3,(H,17,19). The highest BCUT2D eigenvalue weighted by Crippen LogP contribution is 2.17. The summed E-state index contributed by atoms with van der Waals surface area (Å²) in [5.74, 6) is -2.41. The Labute approximate surface area is 111 Å². The summed E-state index contributed by atoms with van der Waals surface area (Å²) in [4.78, 5) is 13.8. The van der Waals surface area contributed by atoms with E-state index in [9.17, 15) is 13.6 Å². The number of halogens is 2. The summed E-state index contributed by atoms with van der Waals surface area (Å²) in [6, 6.07) is 1.62. The van der Waals surface area contributed by atoms with E-state index >= 15 is 0 Å². The number of nitrogens with one attached hydrogen (secondary N) is 1. The molecule has 106 valence electrons. The minimum absolute atomic E-state index is 0.251. The van der Waals surface area contributed by atoms with Crippen molar-refractivity contribution in [1.29, 1.82) is 0 Å². The first-order valence-corrected chi connectivity index (χ1v) is 5.85. The molecule has 0 bridgehead atoms. The van der Waals surface area contributed by atoms with E-state index < -0.39 is 17.5 Å². The predicted molar refractivity (Wildman–Crippen MR) is 70.9 cm³/mol. The van der Waals surface area contributed by atoms with Crippen molar-refractivity contribution in [1.82, 2.24) is 10.2 Å². The molecule has 1 amide bonds. The highest BCUT2D eigenvalue weighted by atomic mass is 19.1. The zero-order valence-electron chi connectivity index (χ0n) is 11.6. The van der Waals surface area contributed by atoms with Crippen LogP contribution >= 0.6 is 0 Å². The number of benzene rings is 1. The summed E-state index contributed by atoms with van der Waals surface area (Å²) in [6.07, 6.45) is 0. The van der Waals surface area contributed by atoms with Gasteiger partial charge in [-0.3, -0.25) is 4.79 Å². The lowest BCUT2D eigenvalue weighted by Gasteiger charge is -2.32. The summed E-state index contributed by atoms with van der Waals surface area (Å²) < 4.78 is 26.5. The van der Waals surface area contributed by atoms with Crippen LogP contribution in [0.4, 0.5) is 14.5 Å². The lowest BCUT2D eigenvalue weighted by molar-refractivity contribution is 0.0915. The van der Waals surface area contributed by atoms with Crippen molar-refractivity contribution in [2.24, 2.45) is 0 Å². The monoisotopic (exact) mass is 271 g/mol. The predicted octanol–water partition coefficient (Wildman–Crippen LogP) is 1.62. The number of nitrogens with two attached hydrogens (primary N) is 1. The molecule has 1 aromatic carbocycles. The fourth-order valence-electron chi connectivity index (χ4n) is 1.29. The summed E-state index contributed by atoms with van der Waals surface area (Å²) in [5.41, 5.74) is 4.54. The van der Waals surface area contributed by atoms with Gasteiger partial charge >= 0.3 is 0 Å². The van der Waals surface area contributed by atoms with Gasteiger partial charge in [0.05, 0.1) is 11.3 Å². The molecule has 1 aromatic rings. The minimum Gasteiger partial charge on any atom is -0.396 e. The molecule has 4 nitrogen and oxygen atoms in total. The number of nitrogen functional groups attached to an aromatic ring is 1. The number of likely N-dealkylation sites (N-methyl/N-ethyl adjacent to an activating group) is 1. The number of hydrogen-bond donors (Lipinski definition) is 2. The van der Waals surface area contributed by atoms with Crippen LogP contribution in [0.2, 0.25) is 0 Å². The Morgan fingerprint density at radius 3 is 2.42 bits per heavy atom. The number of amides is 1. The van der Waals surface area contributed by atoms with E-state index in [1.54, 1.807) is 0 Å². The van der Waals surface area contributed by atoms with Gasteiger partial charge < -0.3 is 16.0 Å². The molecule has 0 fully saturated rings. The Bertz CT molecular complexity index is 487. The Hall–Kier alpha value is -1.69. The van der Waals surface area contributed by atoms with Gasteiger partial charge in [-0.2, -0.15) is 0 Å². The van der Waals surface area contributed by atoms with Crippen molar-refractivity contribution in [2.45, 2.75) is 19.4 Å². The SMILES string of the molecule is CN(C)C(C)(C)CNC(=O)c1cc(N)c(F)cc1F. The molecule has 0 saturated carbocycles. The number of anilines is 1. The Morgan fingerprint density at radius 1 is 1.32 bits per heavy atom. The van der Waals surface area contributed by atoms with Gasteiger partial charge in [0.15, 0.2) is 0 Å². The van der Waals surface area contributed by atoms with Gasteiger partial charge in [-0.05, 0) is 34.0 Å². The maximum Gasteiger partial charge on any atom is 0.254 e. The first-order valence-electron chi connectivity index (χ1n) is 5.85. The quantitative estimate of drug-likeness (QED) is 0.818. The van der Waals surface area contributed by atoms with Crippen LogP contribution in [-0.4, -0.2) is 37.0 Å². The Balaban J connectivity index is 2.83. The zero-order chi connectivity index (χ0) is 14.8. The van der Waals surface area contributed by atoms with Gasteiger partial charge in [-0.25, -0.2) is 8.78 Å². The third-order valence-corrected chi connectivity index (χ3v) is 3.22. The second-order valence-corrected chi connectivity index (χ2v) is 5.24. The second-order valence-electron chi connectivity index (χ2n) is 5.24. The van der Waals surface area contributed by atoms with Gasteiger partial charge in [-0.15, -0.1) is 0 Å². The number of hydrogen-bond acceptors (Lipinski definition) is 3. The highest BCUT2D eigenvalue weighted by Gasteiger charge is 2.22. The highest BCUT2D eigenvalue weighted by molar-refractivity contribution is 5.95. The average Bonchev–Trinajstić information content (AvgIpc) is 2.30. The lowest BCUT2D eigenvalue weighted by Crippen LogP contribution is -2.48. The fourth-order valence-corrected chi connectivity index (χ4v) is 1.29. The molecule has 1 rings (SSSR count). The van der Waals surface area contributed by atoms with Crippen molar-refractivity contribution in [2.75, 3.05) is 26.4 Å². The summed E-state index contributed by atoms with van der Waals surface area (Å²) in [5, 5.41) is 2.61. The normalized spacial score (nSPS) is 11.7. The maximum atomic E-state index is 13.5. The third kappa shape index (κ3) is 3.64. The smallest absolute Gasteiger partial charge is 0.254 e. The van der Waals surface area contributed by atoms with E-state index in [4.69, 9.17) is 5.73 Å². The molecule has 6 heteroatoms. The second kappa shape index (κ2) is 5.52. The van der Waals surface area contributed by atoms with Gasteiger partial charge in [0, 0.05) is 18.2 Å². The van der Waals surface area contributed by atoms with Crippen molar-refractivity contribution >= 4 is 11.6 Å². The third-order valence-electron chi connectivity index (χ3n) is 3.22. The van der Waals surface area contributed by atoms with Gasteiger partial charge in [0.2, 0.25) is 0 Å². The van der Waals surface area contributed by atoms with Crippen LogP contribution in [0, 0.1) is 11.6 Å². The maximum absolute atomic E-state index is 13.5. The first-order chi connectivity index (χ1) is 8.65. The van der Waals surface area contributed by atoms with E-state index in [0.717, 1.165) is 6.07 Å². The molecule has 0 radical (unpaired) electrons. The molecule has 0 aliphatic rings. The molecule has 0 spiro atoms. The van der Waals surface area contributed by atoms with E-state index in [0.29, 0.717) is 12.6 Å². The number of carbonyl (C=O) groups is 1. The minimum atomic E-state index is -0.924.